The van der Waals surface area contributed by atoms with Gasteiger partial charge in [-0.3, -0.25) is 14.3 Å². The van der Waals surface area contributed by atoms with Crippen molar-refractivity contribution in [3.05, 3.63) is 59.2 Å². The summed E-state index contributed by atoms with van der Waals surface area (Å²) in [6.07, 6.45) is 3.94. The van der Waals surface area contributed by atoms with Crippen LogP contribution in [0, 0.1) is 18.2 Å². The van der Waals surface area contributed by atoms with E-state index in [1.54, 1.807) is 18.9 Å². The number of amides is 2. The highest BCUT2D eigenvalue weighted by Gasteiger charge is 2.47. The summed E-state index contributed by atoms with van der Waals surface area (Å²) in [6.45, 7) is 4.67. The first-order valence-electron chi connectivity index (χ1n) is 14.6. The van der Waals surface area contributed by atoms with Crippen LogP contribution in [-0.4, -0.2) is 92.3 Å². The van der Waals surface area contributed by atoms with Gasteiger partial charge in [-0.1, -0.05) is 6.92 Å². The first-order valence-corrected chi connectivity index (χ1v) is 16.4. The van der Waals surface area contributed by atoms with Gasteiger partial charge in [0.1, 0.15) is 43.1 Å². The predicted octanol–water partition coefficient (Wildman–Crippen LogP) is 2.33. The molecule has 1 aromatic carbocycles. The molecule has 0 spiro atoms. The number of carbonyl (C=O) groups is 2. The Bertz CT molecular complexity index is 1880. The summed E-state index contributed by atoms with van der Waals surface area (Å²) in [4.78, 5) is 32.2. The van der Waals surface area contributed by atoms with Crippen LogP contribution >= 0.6 is 0 Å². The Hall–Kier alpha value is -4.21. The van der Waals surface area contributed by atoms with Crippen molar-refractivity contribution < 1.29 is 37.1 Å². The third-order valence-corrected chi connectivity index (χ3v) is 10.8. The minimum atomic E-state index is -2.84. The van der Waals surface area contributed by atoms with Crippen LogP contribution in [0.3, 0.4) is 0 Å². The standard InChI is InChI=1S/C30H33FN6O7S/c1-17-19(28(38)35-45(40)10-8-36(9-11-45)29(39)30(2)6-7-30)13-37-24(17)27(32-16-33-37)34-20-5-4-18(31)12-21(20)44-23-15-43-25-22(41-3)14-42-26(23)25/h4-5,10,12-13,16,22,25H,6-9,11,14-15H2,1-3H3,(H,32,33,34)(H,35,38,40). The number of anilines is 2. The largest absolute Gasteiger partial charge is 0.489 e. The van der Waals surface area contributed by atoms with E-state index in [0.29, 0.717) is 47.3 Å². The number of aromatic nitrogens is 3. The topological polar surface area (TPSA) is 146 Å². The zero-order chi connectivity index (χ0) is 31.5. The predicted molar refractivity (Wildman–Crippen MR) is 162 cm³/mol. The summed E-state index contributed by atoms with van der Waals surface area (Å²) in [7, 11) is -1.26. The summed E-state index contributed by atoms with van der Waals surface area (Å²) < 4.78 is 55.1. The van der Waals surface area contributed by atoms with Gasteiger partial charge in [-0.25, -0.2) is 18.1 Å². The molecule has 1 saturated carbocycles. The monoisotopic (exact) mass is 640 g/mol. The average molecular weight is 641 g/mol. The van der Waals surface area contributed by atoms with Crippen molar-refractivity contribution in [2.24, 2.45) is 5.41 Å². The second-order valence-electron chi connectivity index (χ2n) is 11.9. The van der Waals surface area contributed by atoms with E-state index in [9.17, 15) is 18.2 Å². The maximum absolute atomic E-state index is 14.4. The molecule has 1 saturated heterocycles. The highest BCUT2D eigenvalue weighted by Crippen LogP contribution is 2.46. The van der Waals surface area contributed by atoms with Gasteiger partial charge in [0.05, 0.1) is 26.7 Å². The van der Waals surface area contributed by atoms with Gasteiger partial charge in [0.15, 0.2) is 23.1 Å². The van der Waals surface area contributed by atoms with Crippen molar-refractivity contribution in [1.82, 2.24) is 24.2 Å². The lowest BCUT2D eigenvalue weighted by molar-refractivity contribution is -0.135. The zero-order valence-corrected chi connectivity index (χ0v) is 25.8. The molecule has 2 fully saturated rings. The fraction of sp³-hybridized carbons (Fsp3) is 0.433. The molecule has 1 aliphatic carbocycles. The Morgan fingerprint density at radius 2 is 2.09 bits per heavy atom. The van der Waals surface area contributed by atoms with Gasteiger partial charge in [0, 0.05) is 43.2 Å². The van der Waals surface area contributed by atoms with Crippen molar-refractivity contribution in [3.63, 3.8) is 0 Å². The van der Waals surface area contributed by atoms with Crippen molar-refractivity contribution in [1.29, 1.82) is 0 Å². The number of carbonyl (C=O) groups excluding carboxylic acids is 2. The van der Waals surface area contributed by atoms with Gasteiger partial charge >= 0.3 is 0 Å². The smallest absolute Gasteiger partial charge is 0.264 e. The number of aryl methyl sites for hydroxylation is 1. The number of methoxy groups -OCH3 is 1. The highest BCUT2D eigenvalue weighted by atomic mass is 32.2. The van der Waals surface area contributed by atoms with Crippen molar-refractivity contribution >= 4 is 43.9 Å². The Balaban J connectivity index is 1.12. The number of hydrogen-bond acceptors (Lipinski definition) is 10. The second kappa shape index (κ2) is 11.0. The van der Waals surface area contributed by atoms with Crippen LogP contribution < -0.4 is 14.8 Å². The van der Waals surface area contributed by atoms with E-state index in [0.717, 1.165) is 12.8 Å². The molecular weight excluding hydrogens is 607 g/mol. The number of nitrogens with one attached hydrogen (secondary N) is 2. The second-order valence-corrected chi connectivity index (χ2v) is 14.3. The molecule has 2 aromatic heterocycles. The van der Waals surface area contributed by atoms with Crippen LogP contribution in [0.5, 0.6) is 5.75 Å². The number of rotatable bonds is 8. The normalized spacial score (nSPS) is 25.0. The number of halogens is 1. The van der Waals surface area contributed by atoms with Crippen LogP contribution in [0.2, 0.25) is 0 Å². The lowest BCUT2D eigenvalue weighted by atomic mass is 10.1. The third kappa shape index (κ3) is 5.38. The minimum absolute atomic E-state index is 0.0686. The van der Waals surface area contributed by atoms with E-state index in [1.807, 2.05) is 6.92 Å². The molecular formula is C30H33FN6O7S. The van der Waals surface area contributed by atoms with Gasteiger partial charge in [-0.2, -0.15) is 5.10 Å². The van der Waals surface area contributed by atoms with Gasteiger partial charge in [-0.05, 0) is 37.5 Å². The quantitative estimate of drug-likeness (QED) is 0.352. The lowest BCUT2D eigenvalue weighted by Gasteiger charge is -2.29. The van der Waals surface area contributed by atoms with E-state index in [2.05, 4.69) is 20.1 Å². The van der Waals surface area contributed by atoms with E-state index in [4.69, 9.17) is 18.9 Å². The molecule has 4 aliphatic rings. The first-order chi connectivity index (χ1) is 21.6. The molecule has 2 N–H and O–H groups in total. The average Bonchev–Trinajstić information content (AvgIpc) is 3.32. The molecule has 5 heterocycles. The summed E-state index contributed by atoms with van der Waals surface area (Å²) in [5, 5.41) is 8.98. The molecule has 0 radical (unpaired) electrons. The Morgan fingerprint density at radius 3 is 2.82 bits per heavy atom. The van der Waals surface area contributed by atoms with E-state index in [-0.39, 0.29) is 47.6 Å². The summed E-state index contributed by atoms with van der Waals surface area (Å²) in [6, 6.07) is 4.04. The van der Waals surface area contributed by atoms with Crippen molar-refractivity contribution in [2.45, 2.75) is 38.9 Å². The minimum Gasteiger partial charge on any atom is -0.489 e. The Kier molecular flexibility index (Phi) is 7.21. The molecule has 3 aromatic rings. The molecule has 45 heavy (non-hydrogen) atoms. The number of ether oxygens (including phenoxy) is 4. The van der Waals surface area contributed by atoms with Gasteiger partial charge in [0.25, 0.3) is 5.91 Å². The molecule has 2 amide bonds. The highest BCUT2D eigenvalue weighted by molar-refractivity contribution is 8.00. The third-order valence-electron chi connectivity index (χ3n) is 8.77. The SMILES string of the molecule is COC1COC2=C(Oc3cc(F)ccc3Nc3ncnn4cc(C(=O)NS5(=O)=CCN(C(=O)C6(C)CC6)CC5)c(C)c34)COC21. The summed E-state index contributed by atoms with van der Waals surface area (Å²) in [5.41, 5.74) is 1.39. The number of nitrogens with zero attached hydrogens (tertiary/aromatic N) is 4. The van der Waals surface area contributed by atoms with Crippen molar-refractivity contribution in [2.75, 3.05) is 44.5 Å². The number of benzene rings is 1. The number of fused-ring (bicyclic) bond motifs is 2. The maximum atomic E-state index is 14.4. The molecule has 3 unspecified atom stereocenters. The summed E-state index contributed by atoms with van der Waals surface area (Å²) in [5.74, 6) is 0.633. The van der Waals surface area contributed by atoms with Crippen LogP contribution in [-0.2, 0) is 28.7 Å². The molecule has 3 atom stereocenters. The molecule has 0 bridgehead atoms. The van der Waals surface area contributed by atoms with Crippen molar-refractivity contribution in [3.8, 4) is 5.75 Å². The van der Waals surface area contributed by atoms with E-state index in [1.165, 1.54) is 40.6 Å². The summed E-state index contributed by atoms with van der Waals surface area (Å²) >= 11 is 0. The zero-order valence-electron chi connectivity index (χ0n) is 25.0. The van der Waals surface area contributed by atoms with Gasteiger partial charge in [0.2, 0.25) is 5.91 Å². The fourth-order valence-corrected chi connectivity index (χ4v) is 7.46. The van der Waals surface area contributed by atoms with Gasteiger partial charge < -0.3 is 29.2 Å². The number of hydrogen-bond donors (Lipinski definition) is 2. The van der Waals surface area contributed by atoms with E-state index < -0.39 is 27.5 Å². The molecule has 3 aliphatic heterocycles. The maximum Gasteiger partial charge on any atom is 0.264 e. The van der Waals surface area contributed by atoms with Crippen LogP contribution in [0.1, 0.15) is 35.7 Å². The van der Waals surface area contributed by atoms with Gasteiger partial charge in [-0.15, -0.1) is 0 Å². The first kappa shape index (κ1) is 29.5. The van der Waals surface area contributed by atoms with Crippen LogP contribution in [0.15, 0.2) is 42.2 Å². The Labute approximate surface area is 258 Å². The fourth-order valence-electron chi connectivity index (χ4n) is 5.77. The van der Waals surface area contributed by atoms with E-state index >= 15 is 0 Å². The molecule has 238 valence electrons. The molecule has 13 nitrogen and oxygen atoms in total. The Morgan fingerprint density at radius 1 is 1.27 bits per heavy atom. The molecule has 7 rings (SSSR count). The van der Waals surface area contributed by atoms with Crippen LogP contribution in [0.25, 0.3) is 5.52 Å². The van der Waals surface area contributed by atoms with Crippen LogP contribution in [0.4, 0.5) is 15.9 Å². The molecule has 15 heteroatoms. The lowest BCUT2D eigenvalue weighted by Crippen LogP contribution is -2.48.